The van der Waals surface area contributed by atoms with Crippen LogP contribution in [0, 0.1) is 0 Å². The first-order valence-corrected chi connectivity index (χ1v) is 8.62. The highest BCUT2D eigenvalue weighted by Gasteiger charge is 2.34. The van der Waals surface area contributed by atoms with E-state index < -0.39 is 5.97 Å². The van der Waals surface area contributed by atoms with Gasteiger partial charge < -0.3 is 15.7 Å². The smallest absolute Gasteiger partial charge is 0.319 e. The van der Waals surface area contributed by atoms with Gasteiger partial charge in [0.05, 0.1) is 6.54 Å². The van der Waals surface area contributed by atoms with Crippen molar-refractivity contribution in [1.82, 2.24) is 10.2 Å². The molecule has 0 aliphatic heterocycles. The van der Waals surface area contributed by atoms with E-state index >= 15 is 0 Å². The van der Waals surface area contributed by atoms with Crippen LogP contribution in [0.15, 0.2) is 18.2 Å². The number of carbonyl (C=O) groups excluding carboxylic acids is 1. The number of aliphatic carboxylic acids is 1. The number of nitrogens with zero attached hydrogens (tertiary/aromatic N) is 1. The number of carboxylic acid groups (broad SMARTS) is 1. The summed E-state index contributed by atoms with van der Waals surface area (Å²) in [5.74, 6) is -0.821. The zero-order valence-electron chi connectivity index (χ0n) is 14.0. The van der Waals surface area contributed by atoms with E-state index in [4.69, 9.17) is 16.7 Å². The van der Waals surface area contributed by atoms with Gasteiger partial charge in [0.25, 0.3) is 0 Å². The summed E-state index contributed by atoms with van der Waals surface area (Å²) in [7, 11) is 0. The summed E-state index contributed by atoms with van der Waals surface area (Å²) >= 11 is 6.14. The normalized spacial score (nSPS) is 19.7. The van der Waals surface area contributed by atoms with Crippen LogP contribution < -0.4 is 10.6 Å². The number of hydrogen-bond donors (Lipinski definition) is 3. The minimum absolute atomic E-state index is 0.0440. The Morgan fingerprint density at radius 1 is 1.33 bits per heavy atom. The third kappa shape index (κ3) is 4.85. The first-order chi connectivity index (χ1) is 11.4. The minimum Gasteiger partial charge on any atom is -0.480 e. The van der Waals surface area contributed by atoms with Crippen molar-refractivity contribution in [2.45, 2.75) is 45.2 Å². The fourth-order valence-corrected chi connectivity index (χ4v) is 3.26. The third-order valence-corrected chi connectivity index (χ3v) is 4.75. The number of benzene rings is 1. The Bertz CT molecular complexity index is 603. The van der Waals surface area contributed by atoms with E-state index in [0.29, 0.717) is 17.3 Å². The predicted molar refractivity (Wildman–Crippen MR) is 94.7 cm³/mol. The van der Waals surface area contributed by atoms with Gasteiger partial charge >= 0.3 is 12.0 Å². The lowest BCUT2D eigenvalue weighted by molar-refractivity contribution is -0.139. The van der Waals surface area contributed by atoms with E-state index in [1.165, 1.54) is 0 Å². The van der Waals surface area contributed by atoms with Gasteiger partial charge in [0, 0.05) is 22.8 Å². The molecule has 6 nitrogen and oxygen atoms in total. The molecule has 1 saturated carbocycles. The van der Waals surface area contributed by atoms with Gasteiger partial charge in [0.2, 0.25) is 0 Å². The molecule has 0 radical (unpaired) electrons. The van der Waals surface area contributed by atoms with Crippen LogP contribution in [0.5, 0.6) is 0 Å². The maximum absolute atomic E-state index is 12.0. The summed E-state index contributed by atoms with van der Waals surface area (Å²) < 4.78 is 0. The number of anilines is 1. The molecule has 0 aromatic heterocycles. The first kappa shape index (κ1) is 18.5. The Labute approximate surface area is 147 Å². The number of hydrogen-bond acceptors (Lipinski definition) is 3. The van der Waals surface area contributed by atoms with E-state index in [1.54, 1.807) is 6.07 Å². The van der Waals surface area contributed by atoms with Crippen molar-refractivity contribution in [1.29, 1.82) is 0 Å². The summed E-state index contributed by atoms with van der Waals surface area (Å²) in [6.07, 6.45) is 2.38. The Hall–Kier alpha value is -1.79. The number of nitrogens with one attached hydrogen (secondary N) is 2. The lowest BCUT2D eigenvalue weighted by Crippen LogP contribution is -2.55. The number of carbonyl (C=O) groups is 2. The monoisotopic (exact) mass is 353 g/mol. The van der Waals surface area contributed by atoms with Crippen LogP contribution in [0.25, 0.3) is 0 Å². The molecular formula is C17H24ClN3O3. The highest BCUT2D eigenvalue weighted by Crippen LogP contribution is 2.26. The zero-order valence-corrected chi connectivity index (χ0v) is 14.8. The van der Waals surface area contributed by atoms with Gasteiger partial charge in [0.1, 0.15) is 0 Å². The van der Waals surface area contributed by atoms with Gasteiger partial charge in [-0.3, -0.25) is 9.69 Å². The van der Waals surface area contributed by atoms with E-state index in [-0.39, 0.29) is 24.7 Å². The average molecular weight is 354 g/mol. The molecule has 1 aliphatic rings. The molecule has 24 heavy (non-hydrogen) atoms. The second kappa shape index (κ2) is 8.35. The number of urea groups is 1. The first-order valence-electron chi connectivity index (χ1n) is 8.24. The van der Waals surface area contributed by atoms with Crippen molar-refractivity contribution in [3.63, 3.8) is 0 Å². The van der Waals surface area contributed by atoms with Crippen LogP contribution >= 0.6 is 11.6 Å². The highest BCUT2D eigenvalue weighted by atomic mass is 35.5. The maximum atomic E-state index is 12.0. The van der Waals surface area contributed by atoms with Crippen LogP contribution in [-0.4, -0.2) is 47.2 Å². The van der Waals surface area contributed by atoms with Crippen molar-refractivity contribution in [3.05, 3.63) is 28.8 Å². The second-order valence-electron chi connectivity index (χ2n) is 6.04. The molecule has 2 rings (SSSR count). The van der Waals surface area contributed by atoms with E-state index in [0.717, 1.165) is 24.8 Å². The zero-order chi connectivity index (χ0) is 17.7. The van der Waals surface area contributed by atoms with Crippen LogP contribution in [0.1, 0.15) is 32.3 Å². The molecule has 0 bridgehead atoms. The molecule has 2 amide bonds. The molecule has 1 aromatic rings. The van der Waals surface area contributed by atoms with Gasteiger partial charge in [-0.2, -0.15) is 0 Å². The fourth-order valence-electron chi connectivity index (χ4n) is 2.94. The summed E-state index contributed by atoms with van der Waals surface area (Å²) in [5, 5.41) is 15.2. The molecule has 0 saturated heterocycles. The van der Waals surface area contributed by atoms with E-state index in [2.05, 4.69) is 10.6 Å². The second-order valence-corrected chi connectivity index (χ2v) is 6.44. The van der Waals surface area contributed by atoms with Gasteiger partial charge in [-0.15, -0.1) is 0 Å². The van der Waals surface area contributed by atoms with Crippen LogP contribution in [-0.2, 0) is 11.2 Å². The average Bonchev–Trinajstić information content (AvgIpc) is 2.48. The largest absolute Gasteiger partial charge is 0.480 e. The van der Waals surface area contributed by atoms with Gasteiger partial charge in [0.15, 0.2) is 0 Å². The molecule has 0 atom stereocenters. The standard InChI is InChI=1S/C17H24ClN3O3/c1-3-11-5-6-12(9-15(11)18)19-17(24)20-13-7-14(8-13)21(4-2)10-16(22)23/h5-6,9,13-14H,3-4,7-8,10H2,1-2H3,(H,22,23)(H2,19,20,24). The molecule has 0 heterocycles. The molecular weight excluding hydrogens is 330 g/mol. The number of amides is 2. The molecule has 7 heteroatoms. The van der Waals surface area contributed by atoms with E-state index in [9.17, 15) is 9.59 Å². The fraction of sp³-hybridized carbons (Fsp3) is 0.529. The topological polar surface area (TPSA) is 81.7 Å². The van der Waals surface area contributed by atoms with Crippen molar-refractivity contribution in [3.8, 4) is 0 Å². The lowest BCUT2D eigenvalue weighted by Gasteiger charge is -2.42. The molecule has 1 aliphatic carbocycles. The van der Waals surface area contributed by atoms with Crippen LogP contribution in [0.2, 0.25) is 5.02 Å². The minimum atomic E-state index is -0.821. The SMILES string of the molecule is CCc1ccc(NC(=O)NC2CC(N(CC)CC(=O)O)C2)cc1Cl. The number of rotatable bonds is 7. The van der Waals surface area contributed by atoms with Crippen molar-refractivity contribution in [2.75, 3.05) is 18.4 Å². The number of halogens is 1. The van der Waals surface area contributed by atoms with Gasteiger partial charge in [-0.1, -0.05) is 31.5 Å². The summed E-state index contributed by atoms with van der Waals surface area (Å²) in [5.41, 5.74) is 1.70. The lowest BCUT2D eigenvalue weighted by atomic mass is 9.85. The maximum Gasteiger partial charge on any atom is 0.319 e. The summed E-state index contributed by atoms with van der Waals surface area (Å²) in [6, 6.07) is 5.51. The van der Waals surface area contributed by atoms with E-state index in [1.807, 2.05) is 30.9 Å². The van der Waals surface area contributed by atoms with Crippen molar-refractivity contribution in [2.24, 2.45) is 0 Å². The molecule has 0 spiro atoms. The highest BCUT2D eigenvalue weighted by molar-refractivity contribution is 6.31. The Morgan fingerprint density at radius 3 is 2.58 bits per heavy atom. The third-order valence-electron chi connectivity index (χ3n) is 4.40. The molecule has 0 unspecified atom stereocenters. The summed E-state index contributed by atoms with van der Waals surface area (Å²) in [6.45, 7) is 4.71. The van der Waals surface area contributed by atoms with Crippen LogP contribution in [0.3, 0.4) is 0 Å². The quantitative estimate of drug-likeness (QED) is 0.704. The van der Waals surface area contributed by atoms with Crippen molar-refractivity contribution < 1.29 is 14.7 Å². The Kier molecular flexibility index (Phi) is 6.45. The van der Waals surface area contributed by atoms with Crippen LogP contribution in [0.4, 0.5) is 10.5 Å². The molecule has 132 valence electrons. The predicted octanol–water partition coefficient (Wildman–Crippen LogP) is 2.96. The molecule has 3 N–H and O–H groups in total. The van der Waals surface area contributed by atoms with Gasteiger partial charge in [-0.25, -0.2) is 4.79 Å². The van der Waals surface area contributed by atoms with Crippen molar-refractivity contribution >= 4 is 29.3 Å². The number of likely N-dealkylation sites (N-methyl/N-ethyl adjacent to an activating group) is 1. The number of carboxylic acids is 1. The van der Waals surface area contributed by atoms with Gasteiger partial charge in [-0.05, 0) is 43.5 Å². The summed E-state index contributed by atoms with van der Waals surface area (Å²) in [4.78, 5) is 24.8. The Morgan fingerprint density at radius 2 is 2.04 bits per heavy atom. The Balaban J connectivity index is 1.78. The number of aryl methyl sites for hydroxylation is 1. The molecule has 1 aromatic carbocycles. The molecule has 1 fully saturated rings.